The van der Waals surface area contributed by atoms with E-state index in [1.165, 1.54) is 36.0 Å². The van der Waals surface area contributed by atoms with Crippen molar-refractivity contribution in [3.63, 3.8) is 0 Å². The molecule has 1 fully saturated rings. The van der Waals surface area contributed by atoms with Crippen LogP contribution in [0, 0.1) is 17.1 Å². The summed E-state index contributed by atoms with van der Waals surface area (Å²) in [4.78, 5) is 24.1. The number of nitriles is 1. The monoisotopic (exact) mass is 349 g/mol. The van der Waals surface area contributed by atoms with Gasteiger partial charge >= 0.3 is 0 Å². The molecule has 1 atom stereocenters. The fourth-order valence-electron chi connectivity index (χ4n) is 2.59. The summed E-state index contributed by atoms with van der Waals surface area (Å²) in [7, 11) is 0. The SMILES string of the molecule is CC(SCC(=O)Nc1ccc(F)cc1)C(=O)NC1(C#N)CCCC1. The molecule has 0 aliphatic heterocycles. The van der Waals surface area contributed by atoms with Gasteiger partial charge in [0.05, 0.1) is 17.1 Å². The van der Waals surface area contributed by atoms with Crippen LogP contribution in [-0.4, -0.2) is 28.4 Å². The van der Waals surface area contributed by atoms with Crippen LogP contribution in [0.2, 0.25) is 0 Å². The van der Waals surface area contributed by atoms with E-state index in [2.05, 4.69) is 16.7 Å². The van der Waals surface area contributed by atoms with Gasteiger partial charge in [0.1, 0.15) is 11.4 Å². The molecule has 1 aliphatic rings. The Morgan fingerprint density at radius 3 is 2.54 bits per heavy atom. The van der Waals surface area contributed by atoms with Crippen LogP contribution in [0.5, 0.6) is 0 Å². The minimum atomic E-state index is -0.748. The summed E-state index contributed by atoms with van der Waals surface area (Å²) in [6.45, 7) is 1.71. The van der Waals surface area contributed by atoms with Crippen LogP contribution >= 0.6 is 11.8 Å². The van der Waals surface area contributed by atoms with E-state index in [4.69, 9.17) is 0 Å². The molecule has 7 heteroatoms. The summed E-state index contributed by atoms with van der Waals surface area (Å²) in [5.41, 5.74) is -0.240. The lowest BCUT2D eigenvalue weighted by Gasteiger charge is -2.24. The molecule has 1 saturated carbocycles. The van der Waals surface area contributed by atoms with Gasteiger partial charge in [0, 0.05) is 5.69 Å². The van der Waals surface area contributed by atoms with Crippen molar-refractivity contribution in [2.45, 2.75) is 43.4 Å². The Hall–Kier alpha value is -2.07. The second-order valence-corrected chi connectivity index (χ2v) is 7.23. The van der Waals surface area contributed by atoms with E-state index in [1.54, 1.807) is 6.92 Å². The van der Waals surface area contributed by atoms with Gasteiger partial charge in [0.25, 0.3) is 0 Å². The molecule has 1 aromatic carbocycles. The molecule has 128 valence electrons. The predicted molar refractivity (Wildman–Crippen MR) is 91.9 cm³/mol. The van der Waals surface area contributed by atoms with Gasteiger partial charge in [-0.3, -0.25) is 9.59 Å². The summed E-state index contributed by atoms with van der Waals surface area (Å²) in [5.74, 6) is -0.753. The molecule has 5 nitrogen and oxygen atoms in total. The molecule has 0 radical (unpaired) electrons. The van der Waals surface area contributed by atoms with Crippen molar-refractivity contribution in [1.29, 1.82) is 5.26 Å². The van der Waals surface area contributed by atoms with Gasteiger partial charge in [0.2, 0.25) is 11.8 Å². The van der Waals surface area contributed by atoms with Crippen molar-refractivity contribution in [3.05, 3.63) is 30.1 Å². The van der Waals surface area contributed by atoms with Crippen molar-refractivity contribution in [2.75, 3.05) is 11.1 Å². The molecule has 1 aliphatic carbocycles. The highest BCUT2D eigenvalue weighted by atomic mass is 32.2. The maximum absolute atomic E-state index is 12.8. The summed E-state index contributed by atoms with van der Waals surface area (Å²) in [5, 5.41) is 14.3. The molecule has 1 unspecified atom stereocenters. The predicted octanol–water partition coefficient (Wildman–Crippen LogP) is 2.84. The van der Waals surface area contributed by atoms with Crippen molar-refractivity contribution in [1.82, 2.24) is 5.32 Å². The number of rotatable bonds is 6. The number of anilines is 1. The van der Waals surface area contributed by atoms with Crippen molar-refractivity contribution in [2.24, 2.45) is 0 Å². The lowest BCUT2D eigenvalue weighted by molar-refractivity contribution is -0.121. The molecule has 2 amide bonds. The van der Waals surface area contributed by atoms with E-state index in [1.807, 2.05) is 0 Å². The molecule has 2 rings (SSSR count). The summed E-state index contributed by atoms with van der Waals surface area (Å²) in [6.07, 6.45) is 3.24. The molecular weight excluding hydrogens is 329 g/mol. The number of hydrogen-bond acceptors (Lipinski definition) is 4. The van der Waals surface area contributed by atoms with Crippen molar-refractivity contribution in [3.8, 4) is 6.07 Å². The topological polar surface area (TPSA) is 82.0 Å². The van der Waals surface area contributed by atoms with E-state index in [0.717, 1.165) is 12.8 Å². The number of halogens is 1. The third-order valence-corrected chi connectivity index (χ3v) is 5.14. The number of nitrogens with one attached hydrogen (secondary N) is 2. The van der Waals surface area contributed by atoms with E-state index >= 15 is 0 Å². The zero-order valence-electron chi connectivity index (χ0n) is 13.5. The third-order valence-electron chi connectivity index (χ3n) is 4.00. The van der Waals surface area contributed by atoms with Crippen molar-refractivity contribution >= 4 is 29.3 Å². The average Bonchev–Trinajstić information content (AvgIpc) is 3.03. The zero-order chi connectivity index (χ0) is 17.6. The van der Waals surface area contributed by atoms with Crippen LogP contribution in [0.25, 0.3) is 0 Å². The highest BCUT2D eigenvalue weighted by molar-refractivity contribution is 8.01. The van der Waals surface area contributed by atoms with Gasteiger partial charge in [-0.05, 0) is 56.9 Å². The molecule has 1 aromatic rings. The van der Waals surface area contributed by atoms with Crippen LogP contribution in [-0.2, 0) is 9.59 Å². The standard InChI is InChI=1S/C17H20FN3O2S/c1-12(16(23)21-17(11-19)8-2-3-9-17)24-10-15(22)20-14-6-4-13(18)5-7-14/h4-7,12H,2-3,8-10H2,1H3,(H,20,22)(H,21,23). The van der Waals surface area contributed by atoms with Gasteiger partial charge in [-0.1, -0.05) is 0 Å². The second kappa shape index (κ2) is 8.15. The van der Waals surface area contributed by atoms with E-state index in [-0.39, 0.29) is 23.4 Å². The lowest BCUT2D eigenvalue weighted by atomic mass is 10.00. The minimum absolute atomic E-state index is 0.103. The largest absolute Gasteiger partial charge is 0.337 e. The molecule has 0 spiro atoms. The first-order chi connectivity index (χ1) is 11.4. The Kier molecular flexibility index (Phi) is 6.21. The van der Waals surface area contributed by atoms with Crippen LogP contribution in [0.3, 0.4) is 0 Å². The van der Waals surface area contributed by atoms with E-state index in [9.17, 15) is 19.2 Å². The van der Waals surface area contributed by atoms with Gasteiger partial charge in [-0.2, -0.15) is 5.26 Å². The molecule has 24 heavy (non-hydrogen) atoms. The van der Waals surface area contributed by atoms with E-state index < -0.39 is 10.8 Å². The first-order valence-corrected chi connectivity index (χ1v) is 8.89. The number of amides is 2. The fourth-order valence-corrected chi connectivity index (χ4v) is 3.27. The average molecular weight is 349 g/mol. The molecule has 0 aromatic heterocycles. The molecule has 0 saturated heterocycles. The fraction of sp³-hybridized carbons (Fsp3) is 0.471. The van der Waals surface area contributed by atoms with Gasteiger partial charge in [0.15, 0.2) is 0 Å². The van der Waals surface area contributed by atoms with Gasteiger partial charge < -0.3 is 10.6 Å². The first-order valence-electron chi connectivity index (χ1n) is 7.84. The summed E-state index contributed by atoms with van der Waals surface area (Å²) in [6, 6.07) is 7.70. The Bertz CT molecular complexity index is 636. The molecule has 2 N–H and O–H groups in total. The van der Waals surface area contributed by atoms with Gasteiger partial charge in [-0.15, -0.1) is 11.8 Å². The van der Waals surface area contributed by atoms with Crippen LogP contribution in [0.1, 0.15) is 32.6 Å². The zero-order valence-corrected chi connectivity index (χ0v) is 14.3. The highest BCUT2D eigenvalue weighted by Gasteiger charge is 2.36. The Morgan fingerprint density at radius 2 is 1.96 bits per heavy atom. The summed E-state index contributed by atoms with van der Waals surface area (Å²) >= 11 is 1.20. The first kappa shape index (κ1) is 18.3. The normalized spacial score (nSPS) is 16.9. The smallest absolute Gasteiger partial charge is 0.234 e. The maximum Gasteiger partial charge on any atom is 0.234 e. The Balaban J connectivity index is 1.78. The number of nitrogens with zero attached hydrogens (tertiary/aromatic N) is 1. The maximum atomic E-state index is 12.8. The number of benzene rings is 1. The Labute approximate surface area is 145 Å². The second-order valence-electron chi connectivity index (χ2n) is 5.90. The van der Waals surface area contributed by atoms with Crippen LogP contribution < -0.4 is 10.6 Å². The number of carbonyl (C=O) groups excluding carboxylic acids is 2. The van der Waals surface area contributed by atoms with E-state index in [0.29, 0.717) is 18.5 Å². The van der Waals surface area contributed by atoms with Gasteiger partial charge in [-0.25, -0.2) is 4.39 Å². The number of carbonyl (C=O) groups is 2. The van der Waals surface area contributed by atoms with Crippen molar-refractivity contribution < 1.29 is 14.0 Å². The number of hydrogen-bond donors (Lipinski definition) is 2. The quantitative estimate of drug-likeness (QED) is 0.827. The lowest BCUT2D eigenvalue weighted by Crippen LogP contribution is -2.48. The molecule has 0 bridgehead atoms. The number of thioether (sulfide) groups is 1. The molecular formula is C17H20FN3O2S. The Morgan fingerprint density at radius 1 is 1.33 bits per heavy atom. The molecule has 0 heterocycles. The minimum Gasteiger partial charge on any atom is -0.337 e. The third kappa shape index (κ3) is 4.96. The summed E-state index contributed by atoms with van der Waals surface area (Å²) < 4.78 is 12.8. The highest BCUT2D eigenvalue weighted by Crippen LogP contribution is 2.29. The van der Waals surface area contributed by atoms with Crippen LogP contribution in [0.4, 0.5) is 10.1 Å². The van der Waals surface area contributed by atoms with Crippen LogP contribution in [0.15, 0.2) is 24.3 Å².